The Morgan fingerprint density at radius 1 is 1.50 bits per heavy atom. The average Bonchev–Trinajstić information content (AvgIpc) is 1.95. The summed E-state index contributed by atoms with van der Waals surface area (Å²) in [5.74, 6) is 10.6. The fraction of sp³-hybridized carbons (Fsp3) is 0.750. The van der Waals surface area contributed by atoms with Crippen molar-refractivity contribution in [3.8, 4) is 12.3 Å². The molecule has 0 unspecified atom stereocenters. The summed E-state index contributed by atoms with van der Waals surface area (Å²) in [7, 11) is 0. The van der Waals surface area contributed by atoms with Crippen LogP contribution in [0.1, 0.15) is 19.3 Å². The molecular weight excluding hydrogens is 124 g/mol. The highest BCUT2D eigenvalue weighted by atomic mass is 15.4. The van der Waals surface area contributed by atoms with Crippen molar-refractivity contribution in [3.63, 3.8) is 0 Å². The van der Waals surface area contributed by atoms with E-state index in [2.05, 4.69) is 5.92 Å². The lowest BCUT2D eigenvalue weighted by Crippen LogP contribution is -2.31. The third kappa shape index (κ3) is 2.02. The standard InChI is InChI=1S/C8H13N2/c1-2-3-8-4-6-10(9)7-5-8/h1,8-9H,3-7H2. The molecular formula is C8H13N2. The Hall–Kier alpha value is -0.520. The predicted molar refractivity (Wildman–Crippen MR) is 40.8 cm³/mol. The molecule has 1 aliphatic heterocycles. The predicted octanol–water partition coefficient (Wildman–Crippen LogP) is 0.920. The van der Waals surface area contributed by atoms with E-state index in [1.165, 1.54) is 0 Å². The molecule has 2 heteroatoms. The number of piperidine rings is 1. The van der Waals surface area contributed by atoms with Crippen LogP contribution in [-0.4, -0.2) is 18.1 Å². The molecule has 1 N–H and O–H groups in total. The molecule has 1 heterocycles. The van der Waals surface area contributed by atoms with Gasteiger partial charge in [0.25, 0.3) is 0 Å². The van der Waals surface area contributed by atoms with Crippen LogP contribution in [0.2, 0.25) is 0 Å². The SMILES string of the molecule is C#CCC1CCN([NH])CC1. The first kappa shape index (κ1) is 7.59. The minimum absolute atomic E-state index is 0.687. The van der Waals surface area contributed by atoms with Crippen LogP contribution in [0, 0.1) is 18.3 Å². The fourth-order valence-electron chi connectivity index (χ4n) is 1.30. The second-order valence-corrected chi connectivity index (χ2v) is 2.84. The lowest BCUT2D eigenvalue weighted by atomic mass is 9.95. The highest BCUT2D eigenvalue weighted by Crippen LogP contribution is 2.17. The molecule has 0 aromatic heterocycles. The van der Waals surface area contributed by atoms with E-state index in [1.807, 2.05) is 0 Å². The Morgan fingerprint density at radius 2 is 2.10 bits per heavy atom. The van der Waals surface area contributed by atoms with E-state index in [9.17, 15) is 0 Å². The van der Waals surface area contributed by atoms with Gasteiger partial charge >= 0.3 is 0 Å². The van der Waals surface area contributed by atoms with Crippen LogP contribution in [0.15, 0.2) is 0 Å². The monoisotopic (exact) mass is 137 g/mol. The van der Waals surface area contributed by atoms with E-state index >= 15 is 0 Å². The Bertz CT molecular complexity index is 129. The minimum Gasteiger partial charge on any atom is -0.230 e. The summed E-state index contributed by atoms with van der Waals surface area (Å²) < 4.78 is 0. The van der Waals surface area contributed by atoms with Gasteiger partial charge in [-0.25, -0.2) is 5.01 Å². The summed E-state index contributed by atoms with van der Waals surface area (Å²) in [6, 6.07) is 0. The second-order valence-electron chi connectivity index (χ2n) is 2.84. The Kier molecular flexibility index (Phi) is 2.73. The molecule has 0 atom stereocenters. The van der Waals surface area contributed by atoms with Gasteiger partial charge in [-0.1, -0.05) is 0 Å². The molecule has 55 valence electrons. The van der Waals surface area contributed by atoms with E-state index in [1.54, 1.807) is 5.01 Å². The molecule has 0 bridgehead atoms. The molecule has 2 nitrogen and oxygen atoms in total. The molecule has 0 spiro atoms. The Morgan fingerprint density at radius 3 is 2.60 bits per heavy atom. The van der Waals surface area contributed by atoms with Gasteiger partial charge in [0.15, 0.2) is 0 Å². The molecule has 1 fully saturated rings. The summed E-state index contributed by atoms with van der Waals surface area (Å²) in [4.78, 5) is 0. The highest BCUT2D eigenvalue weighted by Gasteiger charge is 2.15. The van der Waals surface area contributed by atoms with Crippen LogP contribution < -0.4 is 5.84 Å². The first-order valence-electron chi connectivity index (χ1n) is 3.72. The van der Waals surface area contributed by atoms with Crippen molar-refractivity contribution in [2.75, 3.05) is 13.1 Å². The maximum absolute atomic E-state index is 7.28. The van der Waals surface area contributed by atoms with Crippen LogP contribution in [0.5, 0.6) is 0 Å². The summed E-state index contributed by atoms with van der Waals surface area (Å²) in [6.07, 6.45) is 8.29. The Labute approximate surface area is 62.4 Å². The lowest BCUT2D eigenvalue weighted by molar-refractivity contribution is 0.178. The molecule has 0 aromatic carbocycles. The van der Waals surface area contributed by atoms with Crippen molar-refractivity contribution in [2.45, 2.75) is 19.3 Å². The van der Waals surface area contributed by atoms with Gasteiger partial charge in [-0.05, 0) is 18.8 Å². The quantitative estimate of drug-likeness (QED) is 0.494. The van der Waals surface area contributed by atoms with E-state index in [4.69, 9.17) is 12.3 Å². The first-order chi connectivity index (χ1) is 4.83. The van der Waals surface area contributed by atoms with Gasteiger partial charge in [-0.15, -0.1) is 12.3 Å². The van der Waals surface area contributed by atoms with Crippen molar-refractivity contribution in [1.29, 1.82) is 0 Å². The lowest BCUT2D eigenvalue weighted by Gasteiger charge is -2.26. The van der Waals surface area contributed by atoms with Gasteiger partial charge in [0.2, 0.25) is 0 Å². The van der Waals surface area contributed by atoms with Crippen molar-refractivity contribution >= 4 is 0 Å². The topological polar surface area (TPSA) is 27.0 Å². The van der Waals surface area contributed by atoms with Crippen molar-refractivity contribution in [2.24, 2.45) is 5.92 Å². The molecule has 1 radical (unpaired) electrons. The summed E-state index contributed by atoms with van der Waals surface area (Å²) in [5.41, 5.74) is 0. The van der Waals surface area contributed by atoms with Crippen LogP contribution in [0.25, 0.3) is 0 Å². The van der Waals surface area contributed by atoms with Crippen LogP contribution in [-0.2, 0) is 0 Å². The molecule has 1 aliphatic rings. The van der Waals surface area contributed by atoms with Gasteiger partial charge in [0.05, 0.1) is 0 Å². The van der Waals surface area contributed by atoms with E-state index in [-0.39, 0.29) is 0 Å². The zero-order valence-corrected chi connectivity index (χ0v) is 6.14. The smallest absolute Gasteiger partial charge is 0.0147 e. The third-order valence-corrected chi connectivity index (χ3v) is 2.02. The number of rotatable bonds is 1. The third-order valence-electron chi connectivity index (χ3n) is 2.02. The van der Waals surface area contributed by atoms with Crippen molar-refractivity contribution < 1.29 is 0 Å². The highest BCUT2D eigenvalue weighted by molar-refractivity contribution is 4.88. The zero-order valence-electron chi connectivity index (χ0n) is 6.14. The van der Waals surface area contributed by atoms with Crippen LogP contribution in [0.3, 0.4) is 0 Å². The van der Waals surface area contributed by atoms with Crippen LogP contribution >= 0.6 is 0 Å². The van der Waals surface area contributed by atoms with E-state index in [0.29, 0.717) is 5.92 Å². The van der Waals surface area contributed by atoms with Crippen molar-refractivity contribution in [3.05, 3.63) is 0 Å². The summed E-state index contributed by atoms with van der Waals surface area (Å²) in [6.45, 7) is 1.79. The van der Waals surface area contributed by atoms with E-state index < -0.39 is 0 Å². The zero-order chi connectivity index (χ0) is 7.40. The van der Waals surface area contributed by atoms with Gasteiger partial charge in [-0.2, -0.15) is 5.84 Å². The summed E-state index contributed by atoms with van der Waals surface area (Å²) >= 11 is 0. The Balaban J connectivity index is 2.21. The number of hydrogen-bond acceptors (Lipinski definition) is 1. The number of hydrogen-bond donors (Lipinski definition) is 0. The second kappa shape index (κ2) is 3.60. The van der Waals surface area contributed by atoms with Gasteiger partial charge in [0, 0.05) is 19.5 Å². The van der Waals surface area contributed by atoms with Crippen LogP contribution in [0.4, 0.5) is 0 Å². The minimum atomic E-state index is 0.687. The maximum atomic E-state index is 7.28. The summed E-state index contributed by atoms with van der Waals surface area (Å²) in [5, 5.41) is 1.62. The average molecular weight is 137 g/mol. The number of terminal acetylenes is 1. The largest absolute Gasteiger partial charge is 0.230 e. The molecule has 1 rings (SSSR count). The fourth-order valence-corrected chi connectivity index (χ4v) is 1.30. The first-order valence-corrected chi connectivity index (χ1v) is 3.72. The number of nitrogens with zero attached hydrogens (tertiary/aromatic N) is 1. The van der Waals surface area contributed by atoms with E-state index in [0.717, 1.165) is 32.4 Å². The molecule has 10 heavy (non-hydrogen) atoms. The molecule has 0 aromatic rings. The maximum Gasteiger partial charge on any atom is 0.0147 e. The van der Waals surface area contributed by atoms with Crippen molar-refractivity contribution in [1.82, 2.24) is 10.9 Å². The molecule has 1 saturated heterocycles. The number of nitrogens with one attached hydrogen (secondary N) is 1. The normalized spacial score (nSPS) is 22.4. The molecule has 0 saturated carbocycles. The van der Waals surface area contributed by atoms with Gasteiger partial charge < -0.3 is 0 Å². The van der Waals surface area contributed by atoms with Gasteiger partial charge in [0.1, 0.15) is 0 Å². The van der Waals surface area contributed by atoms with Gasteiger partial charge in [-0.3, -0.25) is 0 Å². The molecule has 0 amide bonds. The molecule has 0 aliphatic carbocycles.